The second kappa shape index (κ2) is 10.1. The summed E-state index contributed by atoms with van der Waals surface area (Å²) in [7, 11) is 3.67. The topological polar surface area (TPSA) is 75.9 Å². The van der Waals surface area contributed by atoms with Gasteiger partial charge in [-0.25, -0.2) is 0 Å². The number of amides is 2. The van der Waals surface area contributed by atoms with Crippen LogP contribution in [-0.2, 0) is 17.5 Å². The zero-order chi connectivity index (χ0) is 22.3. The zero-order valence-corrected chi connectivity index (χ0v) is 16.8. The number of hydrogen-bond acceptors (Lipinski definition) is 4. The smallest absolute Gasteiger partial charge is 0.416 e. The van der Waals surface area contributed by atoms with E-state index in [1.165, 1.54) is 35.2 Å². The number of primary amides is 1. The van der Waals surface area contributed by atoms with E-state index in [4.69, 9.17) is 10.5 Å². The Kier molecular flexibility index (Phi) is 7.82. The number of alkyl halides is 3. The van der Waals surface area contributed by atoms with Gasteiger partial charge in [0, 0.05) is 25.2 Å². The first kappa shape index (κ1) is 23.2. The lowest BCUT2D eigenvalue weighted by Gasteiger charge is -2.25. The normalized spacial score (nSPS) is 11.4. The molecule has 0 aromatic heterocycles. The first-order valence-electron chi connectivity index (χ1n) is 9.17. The lowest BCUT2D eigenvalue weighted by Crippen LogP contribution is -2.39. The molecule has 30 heavy (non-hydrogen) atoms. The monoisotopic (exact) mass is 423 g/mol. The molecule has 2 aromatic carbocycles. The molecular weight excluding hydrogens is 399 g/mol. The van der Waals surface area contributed by atoms with Gasteiger partial charge in [-0.05, 0) is 56.1 Å². The SMILES string of the molecule is CN(C)CCN(Cc1cccc(C(F)(F)F)c1)C(=O)COc1ccc(C(N)=O)cc1. The summed E-state index contributed by atoms with van der Waals surface area (Å²) in [6, 6.07) is 10.9. The van der Waals surface area contributed by atoms with E-state index in [0.717, 1.165) is 12.1 Å². The Labute approximate surface area is 173 Å². The molecule has 0 atom stereocenters. The number of ether oxygens (including phenoxy) is 1. The molecule has 0 heterocycles. The number of hydrogen-bond donors (Lipinski definition) is 1. The van der Waals surface area contributed by atoms with E-state index in [0.29, 0.717) is 30.0 Å². The molecule has 0 saturated carbocycles. The van der Waals surface area contributed by atoms with Crippen LogP contribution in [0.4, 0.5) is 13.2 Å². The van der Waals surface area contributed by atoms with E-state index >= 15 is 0 Å². The highest BCUT2D eigenvalue weighted by Crippen LogP contribution is 2.29. The van der Waals surface area contributed by atoms with Crippen molar-refractivity contribution in [3.8, 4) is 5.75 Å². The number of nitrogens with two attached hydrogens (primary N) is 1. The molecule has 0 saturated heterocycles. The van der Waals surface area contributed by atoms with Crippen LogP contribution in [0.1, 0.15) is 21.5 Å². The molecule has 2 aromatic rings. The van der Waals surface area contributed by atoms with Crippen molar-refractivity contribution >= 4 is 11.8 Å². The quantitative estimate of drug-likeness (QED) is 0.673. The van der Waals surface area contributed by atoms with Gasteiger partial charge in [0.2, 0.25) is 5.91 Å². The van der Waals surface area contributed by atoms with E-state index in [-0.39, 0.29) is 19.1 Å². The maximum Gasteiger partial charge on any atom is 0.416 e. The van der Waals surface area contributed by atoms with Crippen molar-refractivity contribution in [1.29, 1.82) is 0 Å². The summed E-state index contributed by atoms with van der Waals surface area (Å²) in [6.07, 6.45) is -4.45. The number of nitrogens with zero attached hydrogens (tertiary/aromatic N) is 2. The van der Waals surface area contributed by atoms with Crippen molar-refractivity contribution in [2.75, 3.05) is 33.8 Å². The van der Waals surface area contributed by atoms with Crippen LogP contribution >= 0.6 is 0 Å². The minimum atomic E-state index is -4.45. The molecule has 9 heteroatoms. The summed E-state index contributed by atoms with van der Waals surface area (Å²) in [5.74, 6) is -0.568. The van der Waals surface area contributed by atoms with Crippen molar-refractivity contribution in [2.24, 2.45) is 5.73 Å². The fraction of sp³-hybridized carbons (Fsp3) is 0.333. The van der Waals surface area contributed by atoms with Gasteiger partial charge in [-0.2, -0.15) is 13.2 Å². The molecule has 6 nitrogen and oxygen atoms in total. The van der Waals surface area contributed by atoms with Crippen LogP contribution in [0.3, 0.4) is 0 Å². The number of benzene rings is 2. The molecule has 162 valence electrons. The van der Waals surface area contributed by atoms with Gasteiger partial charge >= 0.3 is 6.18 Å². The van der Waals surface area contributed by atoms with Gasteiger partial charge < -0.3 is 20.3 Å². The number of halogens is 3. The second-order valence-corrected chi connectivity index (χ2v) is 6.99. The average Bonchev–Trinajstić information content (AvgIpc) is 2.69. The van der Waals surface area contributed by atoms with Gasteiger partial charge in [-0.15, -0.1) is 0 Å². The fourth-order valence-corrected chi connectivity index (χ4v) is 2.63. The van der Waals surface area contributed by atoms with Gasteiger partial charge in [0.05, 0.1) is 5.56 Å². The molecule has 0 aliphatic heterocycles. The van der Waals surface area contributed by atoms with Crippen LogP contribution in [0.15, 0.2) is 48.5 Å². The van der Waals surface area contributed by atoms with Crippen LogP contribution < -0.4 is 10.5 Å². The minimum Gasteiger partial charge on any atom is -0.484 e. The third kappa shape index (κ3) is 7.07. The van der Waals surface area contributed by atoms with Crippen molar-refractivity contribution in [2.45, 2.75) is 12.7 Å². The van der Waals surface area contributed by atoms with E-state index in [1.54, 1.807) is 6.07 Å². The van der Waals surface area contributed by atoms with Crippen LogP contribution in [0.25, 0.3) is 0 Å². The molecule has 0 aliphatic carbocycles. The highest BCUT2D eigenvalue weighted by molar-refractivity contribution is 5.92. The van der Waals surface area contributed by atoms with E-state index in [9.17, 15) is 22.8 Å². The Morgan fingerprint density at radius 1 is 1.03 bits per heavy atom. The van der Waals surface area contributed by atoms with Gasteiger partial charge in [-0.1, -0.05) is 12.1 Å². The van der Waals surface area contributed by atoms with Crippen molar-refractivity contribution < 1.29 is 27.5 Å². The van der Waals surface area contributed by atoms with Crippen LogP contribution in [-0.4, -0.2) is 55.4 Å². The third-order valence-corrected chi connectivity index (χ3v) is 4.30. The van der Waals surface area contributed by atoms with Crippen molar-refractivity contribution in [3.63, 3.8) is 0 Å². The summed E-state index contributed by atoms with van der Waals surface area (Å²) in [4.78, 5) is 27.1. The maximum absolute atomic E-state index is 13.0. The number of likely N-dealkylation sites (N-methyl/N-ethyl adjacent to an activating group) is 1. The van der Waals surface area contributed by atoms with Crippen LogP contribution in [0, 0.1) is 0 Å². The summed E-state index contributed by atoms with van der Waals surface area (Å²) in [6.45, 7) is 0.604. The van der Waals surface area contributed by atoms with Gasteiger partial charge in [-0.3, -0.25) is 9.59 Å². The highest BCUT2D eigenvalue weighted by atomic mass is 19.4. The van der Waals surface area contributed by atoms with Gasteiger partial charge in [0.15, 0.2) is 6.61 Å². The highest BCUT2D eigenvalue weighted by Gasteiger charge is 2.30. The molecule has 0 fully saturated rings. The lowest BCUT2D eigenvalue weighted by atomic mass is 10.1. The number of carbonyl (C=O) groups is 2. The molecule has 0 unspecified atom stereocenters. The Balaban J connectivity index is 2.07. The first-order chi connectivity index (χ1) is 14.1. The lowest BCUT2D eigenvalue weighted by molar-refractivity contribution is -0.137. The Morgan fingerprint density at radius 2 is 1.70 bits per heavy atom. The molecule has 2 rings (SSSR count). The minimum absolute atomic E-state index is 0.0283. The molecule has 0 spiro atoms. The Bertz CT molecular complexity index is 868. The van der Waals surface area contributed by atoms with Crippen molar-refractivity contribution in [3.05, 3.63) is 65.2 Å². The van der Waals surface area contributed by atoms with Crippen molar-refractivity contribution in [1.82, 2.24) is 9.80 Å². The maximum atomic E-state index is 13.0. The molecule has 2 N–H and O–H groups in total. The van der Waals surface area contributed by atoms with Gasteiger partial charge in [0.25, 0.3) is 5.91 Å². The predicted octanol–water partition coefficient (Wildman–Crippen LogP) is 2.77. The summed E-state index contributed by atoms with van der Waals surface area (Å²) in [5, 5.41) is 0. The first-order valence-corrected chi connectivity index (χ1v) is 9.17. The third-order valence-electron chi connectivity index (χ3n) is 4.30. The van der Waals surface area contributed by atoms with E-state index < -0.39 is 17.6 Å². The number of carbonyl (C=O) groups excluding carboxylic acids is 2. The standard InChI is InChI=1S/C21H24F3N3O3/c1-26(2)10-11-27(13-15-4-3-5-17(12-15)21(22,23)24)19(28)14-30-18-8-6-16(7-9-18)20(25)29/h3-9,12H,10-11,13-14H2,1-2H3,(H2,25,29). The average molecular weight is 423 g/mol. The molecular formula is C21H24F3N3O3. The molecule has 2 amide bonds. The predicted molar refractivity (Wildman–Crippen MR) is 106 cm³/mol. The van der Waals surface area contributed by atoms with Crippen LogP contribution in [0.5, 0.6) is 5.75 Å². The molecule has 0 aliphatic rings. The summed E-state index contributed by atoms with van der Waals surface area (Å²) in [5.41, 5.74) is 5.11. The van der Waals surface area contributed by atoms with Gasteiger partial charge in [0.1, 0.15) is 5.75 Å². The molecule has 0 bridgehead atoms. The fourth-order valence-electron chi connectivity index (χ4n) is 2.63. The Hall–Kier alpha value is -3.07. The summed E-state index contributed by atoms with van der Waals surface area (Å²) >= 11 is 0. The van der Waals surface area contributed by atoms with Crippen LogP contribution in [0.2, 0.25) is 0 Å². The number of rotatable bonds is 9. The zero-order valence-electron chi connectivity index (χ0n) is 16.8. The summed E-state index contributed by atoms with van der Waals surface area (Å²) < 4.78 is 44.4. The Morgan fingerprint density at radius 3 is 2.27 bits per heavy atom. The largest absolute Gasteiger partial charge is 0.484 e. The van der Waals surface area contributed by atoms with E-state index in [1.807, 2.05) is 19.0 Å². The van der Waals surface area contributed by atoms with E-state index in [2.05, 4.69) is 0 Å². The second-order valence-electron chi connectivity index (χ2n) is 6.99. The molecule has 0 radical (unpaired) electrons.